The first-order valence-electron chi connectivity index (χ1n) is 7.99. The van der Waals surface area contributed by atoms with Gasteiger partial charge in [-0.05, 0) is 51.8 Å². The number of aromatic nitrogens is 2. The standard InChI is InChI=1S/C16H22N4OS/c1-10-11(2)22-15-13(10)14(18-9-19-15)20-12-7-16(21-8-12)3-5-17-6-4-16/h9,12,17H,3-8H2,1-2H3,(H,18,19,20)/t12-/m1/s1. The Kier molecular flexibility index (Phi) is 3.55. The number of piperidine rings is 1. The van der Waals surface area contributed by atoms with Gasteiger partial charge in [0, 0.05) is 4.88 Å². The van der Waals surface area contributed by atoms with Gasteiger partial charge in [-0.2, -0.15) is 0 Å². The number of aryl methyl sites for hydroxylation is 2. The van der Waals surface area contributed by atoms with Crippen molar-refractivity contribution in [3.8, 4) is 0 Å². The lowest BCUT2D eigenvalue weighted by molar-refractivity contribution is -0.0192. The summed E-state index contributed by atoms with van der Waals surface area (Å²) in [5.74, 6) is 0.964. The first kappa shape index (κ1) is 14.4. The summed E-state index contributed by atoms with van der Waals surface area (Å²) in [6.45, 7) is 7.20. The molecule has 2 fully saturated rings. The third-order valence-corrected chi connectivity index (χ3v) is 6.15. The second kappa shape index (κ2) is 5.44. The largest absolute Gasteiger partial charge is 0.373 e. The predicted molar refractivity (Wildman–Crippen MR) is 89.7 cm³/mol. The quantitative estimate of drug-likeness (QED) is 0.891. The Balaban J connectivity index is 1.57. The van der Waals surface area contributed by atoms with E-state index in [1.807, 2.05) is 0 Å². The molecule has 2 saturated heterocycles. The smallest absolute Gasteiger partial charge is 0.138 e. The van der Waals surface area contributed by atoms with Crippen LogP contribution in [-0.4, -0.2) is 41.3 Å². The molecule has 2 aromatic heterocycles. The van der Waals surface area contributed by atoms with Crippen LogP contribution in [0.15, 0.2) is 6.33 Å². The number of hydrogen-bond donors (Lipinski definition) is 2. The van der Waals surface area contributed by atoms with Gasteiger partial charge in [-0.3, -0.25) is 0 Å². The molecule has 0 saturated carbocycles. The molecule has 2 aliphatic rings. The summed E-state index contributed by atoms with van der Waals surface area (Å²) < 4.78 is 6.17. The van der Waals surface area contributed by atoms with Crippen LogP contribution in [0.3, 0.4) is 0 Å². The van der Waals surface area contributed by atoms with Crippen molar-refractivity contribution in [2.45, 2.75) is 44.8 Å². The molecule has 1 atom stereocenters. The molecule has 22 heavy (non-hydrogen) atoms. The minimum absolute atomic E-state index is 0.0780. The zero-order chi connectivity index (χ0) is 15.2. The third-order valence-electron chi connectivity index (χ3n) is 5.03. The number of thiophene rings is 1. The van der Waals surface area contributed by atoms with E-state index in [2.05, 4.69) is 34.4 Å². The van der Waals surface area contributed by atoms with E-state index in [1.165, 1.54) is 15.8 Å². The Morgan fingerprint density at radius 3 is 2.95 bits per heavy atom. The second-order valence-electron chi connectivity index (χ2n) is 6.48. The number of nitrogens with zero attached hydrogens (tertiary/aromatic N) is 2. The van der Waals surface area contributed by atoms with Crippen molar-refractivity contribution >= 4 is 27.4 Å². The Morgan fingerprint density at radius 2 is 2.14 bits per heavy atom. The van der Waals surface area contributed by atoms with Crippen LogP contribution in [0.5, 0.6) is 0 Å². The summed E-state index contributed by atoms with van der Waals surface area (Å²) in [6.07, 6.45) is 4.96. The van der Waals surface area contributed by atoms with Crippen molar-refractivity contribution < 1.29 is 4.74 Å². The monoisotopic (exact) mass is 318 g/mol. The van der Waals surface area contributed by atoms with Gasteiger partial charge in [-0.1, -0.05) is 0 Å². The van der Waals surface area contributed by atoms with Crippen molar-refractivity contribution in [3.05, 3.63) is 16.8 Å². The van der Waals surface area contributed by atoms with Gasteiger partial charge in [-0.15, -0.1) is 11.3 Å². The lowest BCUT2D eigenvalue weighted by Crippen LogP contribution is -2.41. The summed E-state index contributed by atoms with van der Waals surface area (Å²) >= 11 is 1.74. The van der Waals surface area contributed by atoms with Crippen LogP contribution < -0.4 is 10.6 Å². The minimum atomic E-state index is 0.0780. The highest BCUT2D eigenvalue weighted by atomic mass is 32.1. The molecule has 2 N–H and O–H groups in total. The average molecular weight is 318 g/mol. The third kappa shape index (κ3) is 2.39. The number of ether oxygens (including phenoxy) is 1. The Morgan fingerprint density at radius 1 is 1.32 bits per heavy atom. The molecule has 0 unspecified atom stereocenters. The highest BCUT2D eigenvalue weighted by Crippen LogP contribution is 2.37. The van der Waals surface area contributed by atoms with Gasteiger partial charge in [0.2, 0.25) is 0 Å². The van der Waals surface area contributed by atoms with Crippen LogP contribution in [0.2, 0.25) is 0 Å². The molecule has 4 rings (SSSR count). The maximum Gasteiger partial charge on any atom is 0.138 e. The van der Waals surface area contributed by atoms with Gasteiger partial charge >= 0.3 is 0 Å². The zero-order valence-corrected chi connectivity index (χ0v) is 13.9. The van der Waals surface area contributed by atoms with E-state index in [4.69, 9.17) is 4.74 Å². The summed E-state index contributed by atoms with van der Waals surface area (Å²) in [5, 5.41) is 8.21. The molecule has 1 spiro atoms. The Bertz CT molecular complexity index is 693. The average Bonchev–Trinajstić information content (AvgIpc) is 3.03. The van der Waals surface area contributed by atoms with Crippen LogP contribution in [-0.2, 0) is 4.74 Å². The lowest BCUT2D eigenvalue weighted by Gasteiger charge is -2.32. The highest BCUT2D eigenvalue weighted by Gasteiger charge is 2.41. The van der Waals surface area contributed by atoms with E-state index >= 15 is 0 Å². The maximum absolute atomic E-state index is 6.17. The molecule has 2 aromatic rings. The molecule has 0 aromatic carbocycles. The second-order valence-corrected chi connectivity index (χ2v) is 7.68. The summed E-state index contributed by atoms with van der Waals surface area (Å²) in [5.41, 5.74) is 1.37. The molecule has 0 aliphatic carbocycles. The Labute approximate surface area is 134 Å². The molecule has 4 heterocycles. The molecule has 0 bridgehead atoms. The summed E-state index contributed by atoms with van der Waals surface area (Å²) in [6, 6.07) is 0.343. The van der Waals surface area contributed by atoms with Gasteiger partial charge in [0.1, 0.15) is 17.0 Å². The zero-order valence-electron chi connectivity index (χ0n) is 13.1. The predicted octanol–water partition coefficient (Wildman–Crippen LogP) is 2.63. The number of nitrogens with one attached hydrogen (secondary N) is 2. The maximum atomic E-state index is 6.17. The van der Waals surface area contributed by atoms with Crippen LogP contribution >= 0.6 is 11.3 Å². The Hall–Kier alpha value is -1.24. The molecule has 6 heteroatoms. The fourth-order valence-electron chi connectivity index (χ4n) is 3.65. The summed E-state index contributed by atoms with van der Waals surface area (Å²) in [4.78, 5) is 11.3. The lowest BCUT2D eigenvalue weighted by atomic mass is 9.88. The molecule has 118 valence electrons. The molecule has 0 radical (unpaired) electrons. The van der Waals surface area contributed by atoms with Crippen LogP contribution in [0.25, 0.3) is 10.2 Å². The van der Waals surface area contributed by atoms with Crippen LogP contribution in [0.4, 0.5) is 5.82 Å². The van der Waals surface area contributed by atoms with Crippen molar-refractivity contribution in [3.63, 3.8) is 0 Å². The molecular formula is C16H22N4OS. The van der Waals surface area contributed by atoms with Crippen LogP contribution in [0.1, 0.15) is 29.7 Å². The van der Waals surface area contributed by atoms with E-state index in [0.717, 1.165) is 49.6 Å². The topological polar surface area (TPSA) is 59.1 Å². The van der Waals surface area contributed by atoms with Crippen molar-refractivity contribution in [1.29, 1.82) is 0 Å². The van der Waals surface area contributed by atoms with E-state index < -0.39 is 0 Å². The van der Waals surface area contributed by atoms with E-state index in [9.17, 15) is 0 Å². The molecule has 5 nitrogen and oxygen atoms in total. The van der Waals surface area contributed by atoms with Gasteiger partial charge in [0.25, 0.3) is 0 Å². The first-order chi connectivity index (χ1) is 10.7. The SMILES string of the molecule is Cc1sc2ncnc(N[C@H]3COC4(CCNCC4)C3)c2c1C. The van der Waals surface area contributed by atoms with E-state index in [-0.39, 0.29) is 5.60 Å². The van der Waals surface area contributed by atoms with Crippen molar-refractivity contribution in [2.75, 3.05) is 25.0 Å². The number of fused-ring (bicyclic) bond motifs is 1. The first-order valence-corrected chi connectivity index (χ1v) is 8.80. The highest BCUT2D eigenvalue weighted by molar-refractivity contribution is 7.18. The van der Waals surface area contributed by atoms with Gasteiger partial charge in [0.15, 0.2) is 0 Å². The number of anilines is 1. The summed E-state index contributed by atoms with van der Waals surface area (Å²) in [7, 11) is 0. The van der Waals surface area contributed by atoms with Crippen molar-refractivity contribution in [2.24, 2.45) is 0 Å². The molecular weight excluding hydrogens is 296 g/mol. The fourth-order valence-corrected chi connectivity index (χ4v) is 4.65. The molecule has 2 aliphatic heterocycles. The fraction of sp³-hybridized carbons (Fsp3) is 0.625. The van der Waals surface area contributed by atoms with E-state index in [0.29, 0.717) is 6.04 Å². The normalized spacial score (nSPS) is 24.2. The minimum Gasteiger partial charge on any atom is -0.373 e. The van der Waals surface area contributed by atoms with E-state index in [1.54, 1.807) is 17.7 Å². The van der Waals surface area contributed by atoms with Crippen molar-refractivity contribution in [1.82, 2.24) is 15.3 Å². The van der Waals surface area contributed by atoms with Gasteiger partial charge in [0.05, 0.1) is 23.6 Å². The molecule has 0 amide bonds. The van der Waals surface area contributed by atoms with Gasteiger partial charge < -0.3 is 15.4 Å². The number of rotatable bonds is 2. The number of hydrogen-bond acceptors (Lipinski definition) is 6. The van der Waals surface area contributed by atoms with Crippen LogP contribution in [0, 0.1) is 13.8 Å². The van der Waals surface area contributed by atoms with Gasteiger partial charge in [-0.25, -0.2) is 9.97 Å².